The van der Waals surface area contributed by atoms with Gasteiger partial charge in [-0.15, -0.1) is 0 Å². The average Bonchev–Trinajstić information content (AvgIpc) is 2.57. The Morgan fingerprint density at radius 3 is 2.33 bits per heavy atom. The normalized spacial score (nSPS) is 20.0. The summed E-state index contributed by atoms with van der Waals surface area (Å²) >= 11 is 0. The SMILES string of the molecule is COc1ccc(C2(N)C(N)=CNc3cc(C(F)(F)F)ccc32)cc1. The molecule has 4 nitrogen and oxygen atoms in total. The zero-order chi connectivity index (χ0) is 17.5. The van der Waals surface area contributed by atoms with Crippen molar-refractivity contribution in [2.45, 2.75) is 11.7 Å². The number of benzene rings is 2. The fraction of sp³-hybridized carbons (Fsp3) is 0.176. The molecular weight excluding hydrogens is 319 g/mol. The van der Waals surface area contributed by atoms with E-state index < -0.39 is 17.3 Å². The number of anilines is 1. The van der Waals surface area contributed by atoms with E-state index in [1.54, 1.807) is 31.4 Å². The molecule has 1 atom stereocenters. The Bertz CT molecular complexity index is 800. The lowest BCUT2D eigenvalue weighted by Gasteiger charge is -2.36. The molecule has 0 saturated carbocycles. The third-order valence-electron chi connectivity index (χ3n) is 4.16. The summed E-state index contributed by atoms with van der Waals surface area (Å²) in [5.41, 5.74) is 12.3. The van der Waals surface area contributed by atoms with Gasteiger partial charge in [-0.05, 0) is 29.8 Å². The van der Waals surface area contributed by atoms with Crippen molar-refractivity contribution < 1.29 is 17.9 Å². The van der Waals surface area contributed by atoms with Crippen molar-refractivity contribution >= 4 is 5.69 Å². The molecule has 24 heavy (non-hydrogen) atoms. The molecule has 126 valence electrons. The Hall–Kier alpha value is -2.67. The molecule has 2 aromatic carbocycles. The molecule has 5 N–H and O–H groups in total. The van der Waals surface area contributed by atoms with Crippen molar-refractivity contribution in [2.75, 3.05) is 12.4 Å². The Morgan fingerprint density at radius 2 is 1.75 bits per heavy atom. The van der Waals surface area contributed by atoms with Crippen LogP contribution >= 0.6 is 0 Å². The molecule has 0 aliphatic carbocycles. The second kappa shape index (κ2) is 5.45. The van der Waals surface area contributed by atoms with Crippen molar-refractivity contribution in [1.29, 1.82) is 0 Å². The Balaban J connectivity index is 2.14. The summed E-state index contributed by atoms with van der Waals surface area (Å²) in [4.78, 5) is 0. The van der Waals surface area contributed by atoms with Crippen LogP contribution in [0.15, 0.2) is 54.4 Å². The first-order valence-electron chi connectivity index (χ1n) is 7.14. The average molecular weight is 335 g/mol. The smallest absolute Gasteiger partial charge is 0.416 e. The third-order valence-corrected chi connectivity index (χ3v) is 4.16. The van der Waals surface area contributed by atoms with Gasteiger partial charge in [-0.3, -0.25) is 0 Å². The van der Waals surface area contributed by atoms with Gasteiger partial charge in [-0.2, -0.15) is 13.2 Å². The number of nitrogens with two attached hydrogens (primary N) is 2. The van der Waals surface area contributed by atoms with Gasteiger partial charge in [0.1, 0.15) is 11.3 Å². The van der Waals surface area contributed by atoms with Crippen molar-refractivity contribution in [3.8, 4) is 5.75 Å². The standard InChI is InChI=1S/C17H16F3N3O/c1-24-12-5-2-10(3-6-12)16(22)13-7-4-11(17(18,19)20)8-14(13)23-9-15(16)21/h2-9,23H,21-22H2,1H3. The zero-order valence-electron chi connectivity index (χ0n) is 12.8. The fourth-order valence-electron chi connectivity index (χ4n) is 2.78. The molecule has 0 spiro atoms. The van der Waals surface area contributed by atoms with E-state index in [-0.39, 0.29) is 5.69 Å². The van der Waals surface area contributed by atoms with Crippen LogP contribution in [0.1, 0.15) is 16.7 Å². The van der Waals surface area contributed by atoms with Crippen LogP contribution < -0.4 is 21.5 Å². The molecule has 1 aliphatic heterocycles. The van der Waals surface area contributed by atoms with Gasteiger partial charge < -0.3 is 21.5 Å². The van der Waals surface area contributed by atoms with E-state index in [9.17, 15) is 13.2 Å². The quantitative estimate of drug-likeness (QED) is 0.788. The Morgan fingerprint density at radius 1 is 1.08 bits per heavy atom. The first-order valence-corrected chi connectivity index (χ1v) is 7.14. The van der Waals surface area contributed by atoms with Gasteiger partial charge in [-0.1, -0.05) is 18.2 Å². The summed E-state index contributed by atoms with van der Waals surface area (Å²) in [5, 5.41) is 2.78. The first kappa shape index (κ1) is 16.2. The zero-order valence-corrected chi connectivity index (χ0v) is 12.8. The highest BCUT2D eigenvalue weighted by Gasteiger charge is 2.39. The molecule has 1 unspecified atom stereocenters. The summed E-state index contributed by atoms with van der Waals surface area (Å²) in [6, 6.07) is 10.3. The monoisotopic (exact) mass is 335 g/mol. The number of hydrogen-bond acceptors (Lipinski definition) is 4. The molecule has 1 aliphatic rings. The van der Waals surface area contributed by atoms with E-state index in [0.717, 1.165) is 12.1 Å². The van der Waals surface area contributed by atoms with Gasteiger partial charge in [0, 0.05) is 17.5 Å². The van der Waals surface area contributed by atoms with Crippen LogP contribution in [0, 0.1) is 0 Å². The molecule has 3 rings (SSSR count). The molecule has 1 heterocycles. The summed E-state index contributed by atoms with van der Waals surface area (Å²) in [6.45, 7) is 0. The Kier molecular flexibility index (Phi) is 3.68. The number of rotatable bonds is 2. The summed E-state index contributed by atoms with van der Waals surface area (Å²) in [5.74, 6) is 0.645. The fourth-order valence-corrected chi connectivity index (χ4v) is 2.78. The topological polar surface area (TPSA) is 73.3 Å². The lowest BCUT2D eigenvalue weighted by Crippen LogP contribution is -2.45. The lowest BCUT2D eigenvalue weighted by molar-refractivity contribution is -0.137. The van der Waals surface area contributed by atoms with Crippen molar-refractivity contribution in [1.82, 2.24) is 0 Å². The molecular formula is C17H16F3N3O. The highest BCUT2D eigenvalue weighted by Crippen LogP contribution is 2.42. The van der Waals surface area contributed by atoms with Crippen LogP contribution in [0.3, 0.4) is 0 Å². The number of alkyl halides is 3. The van der Waals surface area contributed by atoms with E-state index >= 15 is 0 Å². The molecule has 0 amide bonds. The Labute approximate surface area is 136 Å². The number of halogens is 3. The molecule has 0 aromatic heterocycles. The van der Waals surface area contributed by atoms with Crippen LogP contribution in [-0.2, 0) is 11.7 Å². The van der Waals surface area contributed by atoms with Crippen LogP contribution in [0.5, 0.6) is 5.75 Å². The van der Waals surface area contributed by atoms with Crippen LogP contribution in [-0.4, -0.2) is 7.11 Å². The van der Waals surface area contributed by atoms with E-state index in [1.807, 2.05) is 0 Å². The van der Waals surface area contributed by atoms with Gasteiger partial charge in [-0.25, -0.2) is 0 Å². The molecule has 0 saturated heterocycles. The highest BCUT2D eigenvalue weighted by atomic mass is 19.4. The molecule has 0 bridgehead atoms. The predicted octanol–water partition coefficient (Wildman–Crippen LogP) is 3.14. The third kappa shape index (κ3) is 2.46. The van der Waals surface area contributed by atoms with E-state index in [1.165, 1.54) is 12.3 Å². The van der Waals surface area contributed by atoms with Crippen molar-refractivity contribution in [3.05, 3.63) is 71.1 Å². The number of ether oxygens (including phenoxy) is 1. The molecule has 0 fully saturated rings. The second-order valence-electron chi connectivity index (χ2n) is 5.54. The van der Waals surface area contributed by atoms with Crippen LogP contribution in [0.2, 0.25) is 0 Å². The van der Waals surface area contributed by atoms with Gasteiger partial charge >= 0.3 is 6.18 Å². The first-order chi connectivity index (χ1) is 11.3. The maximum absolute atomic E-state index is 12.9. The van der Waals surface area contributed by atoms with Crippen molar-refractivity contribution in [2.24, 2.45) is 11.5 Å². The van der Waals surface area contributed by atoms with Gasteiger partial charge in [0.25, 0.3) is 0 Å². The number of hydrogen-bond donors (Lipinski definition) is 3. The molecule has 7 heteroatoms. The maximum atomic E-state index is 12.9. The largest absolute Gasteiger partial charge is 0.497 e. The van der Waals surface area contributed by atoms with Gasteiger partial charge in [0.2, 0.25) is 0 Å². The van der Waals surface area contributed by atoms with Gasteiger partial charge in [0.05, 0.1) is 18.4 Å². The van der Waals surface area contributed by atoms with E-state index in [2.05, 4.69) is 5.32 Å². The minimum Gasteiger partial charge on any atom is -0.497 e. The predicted molar refractivity (Wildman–Crippen MR) is 85.3 cm³/mol. The second-order valence-corrected chi connectivity index (χ2v) is 5.54. The number of methoxy groups -OCH3 is 1. The molecule has 0 radical (unpaired) electrons. The van der Waals surface area contributed by atoms with Gasteiger partial charge in [0.15, 0.2) is 0 Å². The van der Waals surface area contributed by atoms with E-state index in [4.69, 9.17) is 16.2 Å². The lowest BCUT2D eigenvalue weighted by atomic mass is 9.78. The van der Waals surface area contributed by atoms with Crippen molar-refractivity contribution in [3.63, 3.8) is 0 Å². The summed E-state index contributed by atoms with van der Waals surface area (Å²) in [7, 11) is 1.54. The molecule has 2 aromatic rings. The summed E-state index contributed by atoms with van der Waals surface area (Å²) < 4.78 is 43.9. The number of nitrogens with one attached hydrogen (secondary N) is 1. The van der Waals surface area contributed by atoms with Crippen LogP contribution in [0.25, 0.3) is 0 Å². The maximum Gasteiger partial charge on any atom is 0.416 e. The minimum absolute atomic E-state index is 0.275. The van der Waals surface area contributed by atoms with E-state index in [0.29, 0.717) is 22.6 Å². The minimum atomic E-state index is -4.43. The highest BCUT2D eigenvalue weighted by molar-refractivity contribution is 5.67. The summed E-state index contributed by atoms with van der Waals surface area (Å²) in [6.07, 6.45) is -3.01. The van der Waals surface area contributed by atoms with Crippen LogP contribution in [0.4, 0.5) is 18.9 Å². The number of fused-ring (bicyclic) bond motifs is 1.